The number of hydrogen-bond acceptors (Lipinski definition) is 4. The number of carboxylic acid groups (broad SMARTS) is 1. The zero-order chi connectivity index (χ0) is 12.3. The molecule has 1 heterocycles. The van der Waals surface area contributed by atoms with Crippen LogP contribution in [0.4, 0.5) is 5.69 Å². The van der Waals surface area contributed by atoms with Gasteiger partial charge in [-0.1, -0.05) is 6.42 Å². The Labute approximate surface area is 99.1 Å². The highest BCUT2D eigenvalue weighted by molar-refractivity contribution is 5.76. The van der Waals surface area contributed by atoms with Crippen LogP contribution in [0.1, 0.15) is 25.0 Å². The standard InChI is InChI=1S/C12H13N3O2/c13-7-10-9(3-1-6-14-10)15-8-12(11(16)17)4-2-5-12/h1,3,6,15H,2,4-5,8H2,(H,16,17). The van der Waals surface area contributed by atoms with Crippen LogP contribution in [-0.4, -0.2) is 22.6 Å². The second-order valence-corrected chi connectivity index (χ2v) is 4.30. The van der Waals surface area contributed by atoms with Gasteiger partial charge in [-0.15, -0.1) is 0 Å². The van der Waals surface area contributed by atoms with Crippen molar-refractivity contribution in [3.05, 3.63) is 24.0 Å². The van der Waals surface area contributed by atoms with Crippen LogP contribution in [-0.2, 0) is 4.79 Å². The lowest BCUT2D eigenvalue weighted by molar-refractivity contribution is -0.153. The van der Waals surface area contributed by atoms with Crippen LogP contribution < -0.4 is 5.32 Å². The lowest BCUT2D eigenvalue weighted by atomic mass is 9.69. The summed E-state index contributed by atoms with van der Waals surface area (Å²) in [6.45, 7) is 0.350. The van der Waals surface area contributed by atoms with E-state index in [1.54, 1.807) is 18.3 Å². The molecule has 2 rings (SSSR count). The number of rotatable bonds is 4. The van der Waals surface area contributed by atoms with Gasteiger partial charge in [0.2, 0.25) is 0 Å². The fourth-order valence-corrected chi connectivity index (χ4v) is 1.97. The van der Waals surface area contributed by atoms with E-state index in [0.29, 0.717) is 30.8 Å². The van der Waals surface area contributed by atoms with E-state index in [1.807, 2.05) is 6.07 Å². The van der Waals surface area contributed by atoms with Crippen molar-refractivity contribution in [2.24, 2.45) is 5.41 Å². The average Bonchev–Trinajstić information content (AvgIpc) is 2.27. The maximum atomic E-state index is 11.2. The van der Waals surface area contributed by atoms with Crippen LogP contribution in [0.15, 0.2) is 18.3 Å². The molecule has 0 amide bonds. The minimum atomic E-state index is -0.765. The maximum absolute atomic E-state index is 11.2. The molecule has 0 spiro atoms. The zero-order valence-electron chi connectivity index (χ0n) is 9.31. The molecular formula is C12H13N3O2. The van der Waals surface area contributed by atoms with E-state index >= 15 is 0 Å². The Morgan fingerprint density at radius 1 is 1.65 bits per heavy atom. The summed E-state index contributed by atoms with van der Waals surface area (Å²) >= 11 is 0. The molecular weight excluding hydrogens is 218 g/mol. The minimum Gasteiger partial charge on any atom is -0.481 e. The molecule has 0 saturated heterocycles. The molecule has 1 saturated carbocycles. The van der Waals surface area contributed by atoms with Gasteiger partial charge in [0.05, 0.1) is 11.1 Å². The molecule has 88 valence electrons. The molecule has 0 radical (unpaired) electrons. The number of aliphatic carboxylic acids is 1. The molecule has 1 fully saturated rings. The molecule has 0 bridgehead atoms. The van der Waals surface area contributed by atoms with E-state index in [1.165, 1.54) is 0 Å². The Kier molecular flexibility index (Phi) is 2.96. The molecule has 0 aromatic carbocycles. The first kappa shape index (κ1) is 11.4. The maximum Gasteiger partial charge on any atom is 0.311 e. The van der Waals surface area contributed by atoms with Crippen molar-refractivity contribution >= 4 is 11.7 Å². The number of nitrogens with zero attached hydrogens (tertiary/aromatic N) is 2. The van der Waals surface area contributed by atoms with Crippen LogP contribution in [0.3, 0.4) is 0 Å². The van der Waals surface area contributed by atoms with Crippen LogP contribution in [0.25, 0.3) is 0 Å². The van der Waals surface area contributed by atoms with E-state index in [2.05, 4.69) is 10.3 Å². The highest BCUT2D eigenvalue weighted by Crippen LogP contribution is 2.41. The summed E-state index contributed by atoms with van der Waals surface area (Å²) < 4.78 is 0. The number of carbonyl (C=O) groups is 1. The summed E-state index contributed by atoms with van der Waals surface area (Å²) in [5.41, 5.74) is 0.234. The van der Waals surface area contributed by atoms with Crippen molar-refractivity contribution in [1.82, 2.24) is 4.98 Å². The van der Waals surface area contributed by atoms with Crippen molar-refractivity contribution in [2.75, 3.05) is 11.9 Å². The molecule has 1 aliphatic rings. The van der Waals surface area contributed by atoms with E-state index in [-0.39, 0.29) is 0 Å². The highest BCUT2D eigenvalue weighted by Gasteiger charge is 2.44. The van der Waals surface area contributed by atoms with Crippen LogP contribution in [0.2, 0.25) is 0 Å². The smallest absolute Gasteiger partial charge is 0.311 e. The Hall–Kier alpha value is -2.09. The molecule has 0 aliphatic heterocycles. The first-order valence-corrected chi connectivity index (χ1v) is 5.50. The molecule has 0 unspecified atom stereocenters. The monoisotopic (exact) mass is 231 g/mol. The predicted octanol–water partition coefficient (Wildman–Crippen LogP) is 1.62. The third-order valence-corrected chi connectivity index (χ3v) is 3.30. The zero-order valence-corrected chi connectivity index (χ0v) is 9.31. The second kappa shape index (κ2) is 4.42. The highest BCUT2D eigenvalue weighted by atomic mass is 16.4. The Balaban J connectivity index is 2.07. The quantitative estimate of drug-likeness (QED) is 0.822. The fraction of sp³-hybridized carbons (Fsp3) is 0.417. The third-order valence-electron chi connectivity index (χ3n) is 3.30. The van der Waals surface area contributed by atoms with Gasteiger partial charge in [0.25, 0.3) is 0 Å². The Bertz CT molecular complexity index is 475. The summed E-state index contributed by atoms with van der Waals surface area (Å²) in [7, 11) is 0. The van der Waals surface area contributed by atoms with Crippen LogP contribution >= 0.6 is 0 Å². The van der Waals surface area contributed by atoms with Gasteiger partial charge in [0.1, 0.15) is 6.07 Å². The first-order valence-electron chi connectivity index (χ1n) is 5.50. The fourth-order valence-electron chi connectivity index (χ4n) is 1.97. The van der Waals surface area contributed by atoms with E-state index in [0.717, 1.165) is 6.42 Å². The lowest BCUT2D eigenvalue weighted by Crippen LogP contribution is -2.43. The van der Waals surface area contributed by atoms with Gasteiger partial charge in [0, 0.05) is 12.7 Å². The van der Waals surface area contributed by atoms with Gasteiger partial charge in [-0.2, -0.15) is 5.26 Å². The molecule has 5 heteroatoms. The summed E-state index contributed by atoms with van der Waals surface area (Å²) in [6, 6.07) is 5.43. The van der Waals surface area contributed by atoms with E-state index in [4.69, 9.17) is 10.4 Å². The number of aromatic nitrogens is 1. The summed E-state index contributed by atoms with van der Waals surface area (Å²) in [6.07, 6.45) is 3.88. The lowest BCUT2D eigenvalue weighted by Gasteiger charge is -2.37. The van der Waals surface area contributed by atoms with Crippen molar-refractivity contribution in [3.8, 4) is 6.07 Å². The summed E-state index contributed by atoms with van der Waals surface area (Å²) in [4.78, 5) is 15.1. The second-order valence-electron chi connectivity index (χ2n) is 4.30. The van der Waals surface area contributed by atoms with Gasteiger partial charge < -0.3 is 10.4 Å². The largest absolute Gasteiger partial charge is 0.481 e. The molecule has 5 nitrogen and oxygen atoms in total. The first-order chi connectivity index (χ1) is 8.18. The molecule has 1 aliphatic carbocycles. The Morgan fingerprint density at radius 3 is 2.94 bits per heavy atom. The van der Waals surface area contributed by atoms with Gasteiger partial charge in [-0.05, 0) is 25.0 Å². The molecule has 1 aromatic heterocycles. The molecule has 0 atom stereocenters. The predicted molar refractivity (Wildman–Crippen MR) is 61.4 cm³/mol. The van der Waals surface area contributed by atoms with Crippen LogP contribution in [0, 0.1) is 16.7 Å². The van der Waals surface area contributed by atoms with Gasteiger partial charge >= 0.3 is 5.97 Å². The molecule has 1 aromatic rings. The van der Waals surface area contributed by atoms with Gasteiger partial charge in [-0.3, -0.25) is 4.79 Å². The number of pyridine rings is 1. The van der Waals surface area contributed by atoms with Gasteiger partial charge in [0.15, 0.2) is 5.69 Å². The van der Waals surface area contributed by atoms with Crippen LogP contribution in [0.5, 0.6) is 0 Å². The molecule has 2 N–H and O–H groups in total. The van der Waals surface area contributed by atoms with Crippen molar-refractivity contribution in [2.45, 2.75) is 19.3 Å². The Morgan fingerprint density at radius 2 is 2.41 bits per heavy atom. The average molecular weight is 231 g/mol. The minimum absolute atomic E-state index is 0.298. The number of nitrogens with one attached hydrogen (secondary N) is 1. The van der Waals surface area contributed by atoms with Crippen molar-refractivity contribution in [3.63, 3.8) is 0 Å². The SMILES string of the molecule is N#Cc1ncccc1NCC1(C(=O)O)CCC1. The molecule has 17 heavy (non-hydrogen) atoms. The van der Waals surface area contributed by atoms with E-state index in [9.17, 15) is 4.79 Å². The number of nitriles is 1. The van der Waals surface area contributed by atoms with Gasteiger partial charge in [-0.25, -0.2) is 4.98 Å². The number of carboxylic acids is 1. The summed E-state index contributed by atoms with van der Waals surface area (Å²) in [5, 5.41) is 21.0. The van der Waals surface area contributed by atoms with E-state index < -0.39 is 11.4 Å². The van der Waals surface area contributed by atoms with Crippen molar-refractivity contribution in [1.29, 1.82) is 5.26 Å². The van der Waals surface area contributed by atoms with Crippen molar-refractivity contribution < 1.29 is 9.90 Å². The number of anilines is 1. The summed E-state index contributed by atoms with van der Waals surface area (Å²) in [5.74, 6) is -0.765. The topological polar surface area (TPSA) is 86.0 Å². The normalized spacial score (nSPS) is 16.6. The third kappa shape index (κ3) is 2.07. The number of hydrogen-bond donors (Lipinski definition) is 2.